The summed E-state index contributed by atoms with van der Waals surface area (Å²) < 4.78 is 0. The molecule has 2 aliphatic rings. The minimum atomic E-state index is -0.561. The number of rotatable bonds is 2. The number of allylic oxidation sites excluding steroid dienone is 1. The van der Waals surface area contributed by atoms with E-state index < -0.39 is 6.10 Å². The summed E-state index contributed by atoms with van der Waals surface area (Å²) in [5, 5.41) is 12.5. The van der Waals surface area contributed by atoms with Crippen LogP contribution in [0.3, 0.4) is 0 Å². The zero-order valence-corrected chi connectivity index (χ0v) is 10.6. The van der Waals surface area contributed by atoms with Crippen LogP contribution in [0.2, 0.25) is 0 Å². The molecule has 2 rings (SSSR count). The Morgan fingerprint density at radius 2 is 2.33 bits per heavy atom. The van der Waals surface area contributed by atoms with Gasteiger partial charge in [0.25, 0.3) is 0 Å². The van der Waals surface area contributed by atoms with E-state index in [-0.39, 0.29) is 17.9 Å². The molecule has 0 aromatic rings. The molecule has 0 bridgehead atoms. The van der Waals surface area contributed by atoms with E-state index in [1.165, 1.54) is 6.08 Å². The Kier molecular flexibility index (Phi) is 3.52. The number of ketones is 1. The fourth-order valence-corrected chi connectivity index (χ4v) is 2.33. The van der Waals surface area contributed by atoms with Gasteiger partial charge in [-0.05, 0) is 19.4 Å². The van der Waals surface area contributed by atoms with Gasteiger partial charge in [0.2, 0.25) is 5.91 Å². The van der Waals surface area contributed by atoms with Gasteiger partial charge in [0.05, 0.1) is 6.10 Å². The van der Waals surface area contributed by atoms with Crippen LogP contribution in [0.15, 0.2) is 23.4 Å². The molecule has 5 heteroatoms. The minimum absolute atomic E-state index is 0.0698. The molecule has 1 fully saturated rings. The first-order valence-electron chi connectivity index (χ1n) is 6.15. The molecular formula is C13H18N2O3. The molecule has 0 unspecified atom stereocenters. The highest BCUT2D eigenvalue weighted by Gasteiger charge is 2.33. The van der Waals surface area contributed by atoms with Crippen LogP contribution in [0.1, 0.15) is 26.7 Å². The Labute approximate surface area is 106 Å². The third-order valence-corrected chi connectivity index (χ3v) is 3.22. The summed E-state index contributed by atoms with van der Waals surface area (Å²) in [5.41, 5.74) is 1.51. The van der Waals surface area contributed by atoms with Crippen LogP contribution in [-0.2, 0) is 9.59 Å². The predicted molar refractivity (Wildman–Crippen MR) is 66.4 cm³/mol. The SMILES string of the molecule is C/C(=C\[C@H](C)O)C1=CC(=O)N2CCC(=O)C[C@@H]2N1. The van der Waals surface area contributed by atoms with Gasteiger partial charge in [-0.15, -0.1) is 0 Å². The number of aliphatic hydroxyl groups is 1. The molecule has 0 spiro atoms. The third kappa shape index (κ3) is 2.61. The van der Waals surface area contributed by atoms with Crippen molar-refractivity contribution in [2.45, 2.75) is 39.0 Å². The summed E-state index contributed by atoms with van der Waals surface area (Å²) in [6, 6.07) is 0. The maximum absolute atomic E-state index is 11.9. The normalized spacial score (nSPS) is 26.4. The van der Waals surface area contributed by atoms with E-state index in [2.05, 4.69) is 5.32 Å². The van der Waals surface area contributed by atoms with Crippen molar-refractivity contribution in [2.24, 2.45) is 0 Å². The van der Waals surface area contributed by atoms with E-state index in [9.17, 15) is 14.7 Å². The van der Waals surface area contributed by atoms with Crippen LogP contribution in [0, 0.1) is 0 Å². The lowest BCUT2D eigenvalue weighted by Crippen LogP contribution is -2.55. The van der Waals surface area contributed by atoms with Crippen LogP contribution in [0.5, 0.6) is 0 Å². The summed E-state index contributed by atoms with van der Waals surface area (Å²) >= 11 is 0. The topological polar surface area (TPSA) is 69.6 Å². The number of carbonyl (C=O) groups excluding carboxylic acids is 2. The van der Waals surface area contributed by atoms with Gasteiger partial charge in [0.1, 0.15) is 11.9 Å². The summed E-state index contributed by atoms with van der Waals surface area (Å²) in [7, 11) is 0. The molecule has 2 heterocycles. The van der Waals surface area contributed by atoms with Gasteiger partial charge in [-0.1, -0.05) is 6.08 Å². The second kappa shape index (κ2) is 4.94. The Balaban J connectivity index is 2.20. The van der Waals surface area contributed by atoms with Gasteiger partial charge in [-0.3, -0.25) is 9.59 Å². The molecule has 1 amide bonds. The summed E-state index contributed by atoms with van der Waals surface area (Å²) in [6.07, 6.45) is 3.19. The van der Waals surface area contributed by atoms with Gasteiger partial charge < -0.3 is 15.3 Å². The number of nitrogens with one attached hydrogen (secondary N) is 1. The predicted octanol–water partition coefficient (Wildman–Crippen LogP) is 0.318. The van der Waals surface area contributed by atoms with E-state index in [1.807, 2.05) is 6.92 Å². The van der Waals surface area contributed by atoms with Gasteiger partial charge in [-0.25, -0.2) is 0 Å². The number of Topliss-reactive ketones (excluding diaryl/α,β-unsaturated/α-hetero) is 1. The number of carbonyl (C=O) groups is 2. The Morgan fingerprint density at radius 1 is 1.61 bits per heavy atom. The zero-order chi connectivity index (χ0) is 13.3. The van der Waals surface area contributed by atoms with Crippen molar-refractivity contribution in [1.29, 1.82) is 0 Å². The summed E-state index contributed by atoms with van der Waals surface area (Å²) in [6.45, 7) is 3.97. The van der Waals surface area contributed by atoms with Crippen LogP contribution in [0.25, 0.3) is 0 Å². The van der Waals surface area contributed by atoms with Crippen LogP contribution < -0.4 is 5.32 Å². The number of amides is 1. The molecule has 18 heavy (non-hydrogen) atoms. The average molecular weight is 250 g/mol. The second-order valence-corrected chi connectivity index (χ2v) is 4.83. The quantitative estimate of drug-likeness (QED) is 0.740. The Morgan fingerprint density at radius 3 is 3.00 bits per heavy atom. The zero-order valence-electron chi connectivity index (χ0n) is 10.6. The lowest BCUT2D eigenvalue weighted by molar-refractivity contribution is -0.135. The van der Waals surface area contributed by atoms with Crippen molar-refractivity contribution in [1.82, 2.24) is 10.2 Å². The largest absolute Gasteiger partial charge is 0.389 e. The molecule has 5 nitrogen and oxygen atoms in total. The van der Waals surface area contributed by atoms with E-state index in [4.69, 9.17) is 0 Å². The van der Waals surface area contributed by atoms with Crippen molar-refractivity contribution in [3.05, 3.63) is 23.4 Å². The highest BCUT2D eigenvalue weighted by Crippen LogP contribution is 2.21. The molecule has 0 aromatic heterocycles. The summed E-state index contributed by atoms with van der Waals surface area (Å²) in [4.78, 5) is 25.1. The van der Waals surface area contributed by atoms with E-state index in [0.29, 0.717) is 25.1 Å². The minimum Gasteiger partial charge on any atom is -0.389 e. The van der Waals surface area contributed by atoms with Crippen molar-refractivity contribution in [3.63, 3.8) is 0 Å². The molecule has 0 radical (unpaired) electrons. The highest BCUT2D eigenvalue weighted by molar-refractivity contribution is 5.92. The maximum atomic E-state index is 11.9. The Hall–Kier alpha value is -1.62. The van der Waals surface area contributed by atoms with Crippen LogP contribution in [0.4, 0.5) is 0 Å². The molecule has 0 aromatic carbocycles. The monoisotopic (exact) mass is 250 g/mol. The van der Waals surface area contributed by atoms with Crippen molar-refractivity contribution in [3.8, 4) is 0 Å². The molecular weight excluding hydrogens is 232 g/mol. The fourth-order valence-electron chi connectivity index (χ4n) is 2.33. The van der Waals surface area contributed by atoms with Crippen molar-refractivity contribution in [2.75, 3.05) is 6.54 Å². The van der Waals surface area contributed by atoms with E-state index in [1.54, 1.807) is 17.9 Å². The van der Waals surface area contributed by atoms with Crippen molar-refractivity contribution < 1.29 is 14.7 Å². The Bertz CT molecular complexity index is 438. The molecule has 1 saturated heterocycles. The van der Waals surface area contributed by atoms with Crippen LogP contribution in [-0.4, -0.2) is 40.5 Å². The molecule has 2 atom stereocenters. The molecule has 2 N–H and O–H groups in total. The van der Waals surface area contributed by atoms with Gasteiger partial charge in [0.15, 0.2) is 0 Å². The fraction of sp³-hybridized carbons (Fsp3) is 0.538. The first-order chi connectivity index (χ1) is 8.47. The van der Waals surface area contributed by atoms with E-state index in [0.717, 1.165) is 5.57 Å². The molecule has 0 aliphatic carbocycles. The first kappa shape index (κ1) is 12.8. The number of piperidine rings is 1. The van der Waals surface area contributed by atoms with Gasteiger partial charge in [0, 0.05) is 31.2 Å². The number of hydrogen-bond acceptors (Lipinski definition) is 4. The lowest BCUT2D eigenvalue weighted by Gasteiger charge is -2.39. The number of aliphatic hydroxyl groups excluding tert-OH is 1. The van der Waals surface area contributed by atoms with Crippen LogP contribution >= 0.6 is 0 Å². The molecule has 2 aliphatic heterocycles. The summed E-state index contributed by atoms with van der Waals surface area (Å²) in [5.74, 6) is 0.106. The van der Waals surface area contributed by atoms with Crippen molar-refractivity contribution >= 4 is 11.7 Å². The smallest absolute Gasteiger partial charge is 0.250 e. The first-order valence-corrected chi connectivity index (χ1v) is 6.15. The standard InChI is InChI=1S/C13H18N2O3/c1-8(5-9(2)16)11-7-13(18)15-4-3-10(17)6-12(15)14-11/h5,7,9,12,14,16H,3-4,6H2,1-2H3/b8-5+/t9-,12+/m0/s1. The third-order valence-electron chi connectivity index (χ3n) is 3.22. The number of hydrogen-bond donors (Lipinski definition) is 2. The number of fused-ring (bicyclic) bond motifs is 1. The molecule has 0 saturated carbocycles. The average Bonchev–Trinajstić information content (AvgIpc) is 2.27. The van der Waals surface area contributed by atoms with Gasteiger partial charge >= 0.3 is 0 Å². The lowest BCUT2D eigenvalue weighted by atomic mass is 10.0. The maximum Gasteiger partial charge on any atom is 0.250 e. The number of nitrogens with zero attached hydrogens (tertiary/aromatic N) is 1. The second-order valence-electron chi connectivity index (χ2n) is 4.83. The molecule has 98 valence electrons. The van der Waals surface area contributed by atoms with Gasteiger partial charge in [-0.2, -0.15) is 0 Å². The van der Waals surface area contributed by atoms with E-state index >= 15 is 0 Å². The highest BCUT2D eigenvalue weighted by atomic mass is 16.3.